The molecule has 0 radical (unpaired) electrons. The van der Waals surface area contributed by atoms with E-state index in [1.54, 1.807) is 6.92 Å². The summed E-state index contributed by atoms with van der Waals surface area (Å²) in [5.74, 6) is -2.36. The van der Waals surface area contributed by atoms with Gasteiger partial charge in [-0.2, -0.15) is 0 Å². The Bertz CT molecular complexity index is 442. The number of carbonyl (C=O) groups excluding carboxylic acids is 1. The lowest BCUT2D eigenvalue weighted by Gasteiger charge is -1.94. The first-order valence-corrected chi connectivity index (χ1v) is 4.78. The zero-order valence-electron chi connectivity index (χ0n) is 8.88. The quantitative estimate of drug-likeness (QED) is 0.477. The average Bonchev–Trinajstić information content (AvgIpc) is 2.27. The minimum absolute atomic E-state index is 0.820. The Morgan fingerprint density at radius 3 is 2.31 bits per heavy atom. The molecule has 16 heavy (non-hydrogen) atoms. The van der Waals surface area contributed by atoms with Crippen LogP contribution in [-0.4, -0.2) is 16.9 Å². The smallest absolute Gasteiger partial charge is 0.376 e. The van der Waals surface area contributed by atoms with Crippen molar-refractivity contribution in [1.29, 1.82) is 0 Å². The van der Waals surface area contributed by atoms with E-state index in [-0.39, 0.29) is 0 Å². The van der Waals surface area contributed by atoms with E-state index < -0.39 is 11.8 Å². The molecule has 0 amide bonds. The normalized spacial score (nSPS) is 11.7. The highest BCUT2D eigenvalue weighted by molar-refractivity contribution is 6.37. The highest BCUT2D eigenvalue weighted by Crippen LogP contribution is 2.06. The van der Waals surface area contributed by atoms with Crippen molar-refractivity contribution in [3.63, 3.8) is 0 Å². The molecule has 0 atom stereocenters. The molecule has 1 N–H and O–H groups in total. The molecule has 1 aromatic carbocycles. The minimum atomic E-state index is -1.44. The molecule has 3 nitrogen and oxygen atoms in total. The van der Waals surface area contributed by atoms with Gasteiger partial charge in [0.05, 0.1) is 0 Å². The molecule has 0 aromatic heterocycles. The Labute approximate surface area is 93.7 Å². The van der Waals surface area contributed by atoms with Gasteiger partial charge in [0.2, 0.25) is 0 Å². The molecule has 0 aliphatic carbocycles. The van der Waals surface area contributed by atoms with Crippen molar-refractivity contribution in [2.75, 3.05) is 0 Å². The molecule has 1 aromatic rings. The first kappa shape index (κ1) is 11.9. The molecule has 3 heteroatoms. The van der Waals surface area contributed by atoms with E-state index in [1.165, 1.54) is 6.08 Å². The third kappa shape index (κ3) is 3.92. The van der Waals surface area contributed by atoms with Crippen LogP contribution >= 0.6 is 0 Å². The summed E-state index contributed by atoms with van der Waals surface area (Å²) in [6.07, 6.45) is 4.41. The number of hydrogen-bond donors (Lipinski definition) is 1. The van der Waals surface area contributed by atoms with Crippen LogP contribution in [0.4, 0.5) is 0 Å². The second kappa shape index (κ2) is 5.66. The minimum Gasteiger partial charge on any atom is -0.475 e. The highest BCUT2D eigenvalue weighted by atomic mass is 16.4. The zero-order chi connectivity index (χ0) is 12.0. The number of carboxylic acids is 1. The fraction of sp³-hybridized carbons (Fsp3) is 0.0769. The van der Waals surface area contributed by atoms with Gasteiger partial charge in [0.1, 0.15) is 0 Å². The number of carbonyl (C=O) groups is 2. The number of hydrogen-bond acceptors (Lipinski definition) is 2. The van der Waals surface area contributed by atoms with Gasteiger partial charge in [-0.25, -0.2) is 4.79 Å². The summed E-state index contributed by atoms with van der Waals surface area (Å²) in [7, 11) is 0. The van der Waals surface area contributed by atoms with Crippen molar-refractivity contribution in [2.45, 2.75) is 6.92 Å². The molecule has 82 valence electrons. The number of benzene rings is 1. The van der Waals surface area contributed by atoms with E-state index in [0.29, 0.717) is 0 Å². The molecule has 0 spiro atoms. The lowest BCUT2D eigenvalue weighted by molar-refractivity contribution is -0.146. The van der Waals surface area contributed by atoms with Gasteiger partial charge in [-0.15, -0.1) is 0 Å². The van der Waals surface area contributed by atoms with Gasteiger partial charge in [-0.1, -0.05) is 48.1 Å². The SMILES string of the molecule is CC(=C/c1ccccc1)/C=C/C(=O)C(=O)O. The summed E-state index contributed by atoms with van der Waals surface area (Å²) < 4.78 is 0. The number of aliphatic carboxylic acids is 1. The van der Waals surface area contributed by atoms with Crippen molar-refractivity contribution >= 4 is 17.8 Å². The summed E-state index contributed by atoms with van der Waals surface area (Å²) in [5, 5.41) is 8.36. The lowest BCUT2D eigenvalue weighted by Crippen LogP contribution is -2.08. The van der Waals surface area contributed by atoms with Crippen LogP contribution in [0.5, 0.6) is 0 Å². The number of carboxylic acid groups (broad SMARTS) is 1. The van der Waals surface area contributed by atoms with Gasteiger partial charge in [0.25, 0.3) is 5.78 Å². The maximum absolute atomic E-state index is 10.8. The summed E-state index contributed by atoms with van der Waals surface area (Å²) in [6, 6.07) is 9.58. The van der Waals surface area contributed by atoms with Gasteiger partial charge >= 0.3 is 5.97 Å². The molecule has 0 saturated carbocycles. The van der Waals surface area contributed by atoms with Crippen molar-refractivity contribution in [3.05, 3.63) is 53.6 Å². The molecule has 0 saturated heterocycles. The van der Waals surface area contributed by atoms with Crippen LogP contribution in [-0.2, 0) is 9.59 Å². The first-order valence-electron chi connectivity index (χ1n) is 4.78. The molecule has 0 aliphatic rings. The van der Waals surface area contributed by atoms with Crippen LogP contribution in [0.3, 0.4) is 0 Å². The first-order chi connectivity index (χ1) is 7.59. The van der Waals surface area contributed by atoms with Gasteiger partial charge in [0, 0.05) is 0 Å². The van der Waals surface area contributed by atoms with Crippen LogP contribution in [0, 0.1) is 0 Å². The molecule has 0 heterocycles. The molecular formula is C13H12O3. The van der Waals surface area contributed by atoms with Crippen LogP contribution in [0.1, 0.15) is 12.5 Å². The van der Waals surface area contributed by atoms with E-state index >= 15 is 0 Å². The third-order valence-corrected chi connectivity index (χ3v) is 1.90. The molecule has 0 aliphatic heterocycles. The van der Waals surface area contributed by atoms with Crippen molar-refractivity contribution in [1.82, 2.24) is 0 Å². The number of ketones is 1. The van der Waals surface area contributed by atoms with Crippen LogP contribution in [0.2, 0.25) is 0 Å². The third-order valence-electron chi connectivity index (χ3n) is 1.90. The lowest BCUT2D eigenvalue weighted by atomic mass is 10.1. The fourth-order valence-corrected chi connectivity index (χ4v) is 1.14. The molecule has 0 fully saturated rings. The Balaban J connectivity index is 2.73. The van der Waals surface area contributed by atoms with E-state index in [4.69, 9.17) is 5.11 Å². The van der Waals surface area contributed by atoms with Gasteiger partial charge in [0.15, 0.2) is 0 Å². The average molecular weight is 216 g/mol. The number of allylic oxidation sites excluding steroid dienone is 2. The Morgan fingerprint density at radius 1 is 1.12 bits per heavy atom. The summed E-state index contributed by atoms with van der Waals surface area (Å²) in [5.41, 5.74) is 1.83. The van der Waals surface area contributed by atoms with Crippen molar-refractivity contribution in [3.8, 4) is 0 Å². The largest absolute Gasteiger partial charge is 0.475 e. The summed E-state index contributed by atoms with van der Waals surface area (Å²) >= 11 is 0. The molecule has 0 unspecified atom stereocenters. The van der Waals surface area contributed by atoms with E-state index in [1.807, 2.05) is 36.4 Å². The highest BCUT2D eigenvalue weighted by Gasteiger charge is 2.04. The van der Waals surface area contributed by atoms with Crippen LogP contribution in [0.25, 0.3) is 6.08 Å². The second-order valence-electron chi connectivity index (χ2n) is 3.30. The van der Waals surface area contributed by atoms with Gasteiger partial charge in [-0.3, -0.25) is 4.79 Å². The Hall–Kier alpha value is -2.16. The molecular weight excluding hydrogens is 204 g/mol. The fourth-order valence-electron chi connectivity index (χ4n) is 1.14. The standard InChI is InChI=1S/C13H12O3/c1-10(7-8-12(14)13(15)16)9-11-5-3-2-4-6-11/h2-9H,1H3,(H,15,16)/b8-7+,10-9-. The molecule has 0 bridgehead atoms. The zero-order valence-corrected chi connectivity index (χ0v) is 8.88. The topological polar surface area (TPSA) is 54.4 Å². The van der Waals surface area contributed by atoms with Crippen molar-refractivity contribution in [2.24, 2.45) is 0 Å². The van der Waals surface area contributed by atoms with Crippen LogP contribution < -0.4 is 0 Å². The van der Waals surface area contributed by atoms with Gasteiger partial charge < -0.3 is 5.11 Å². The Morgan fingerprint density at radius 2 is 1.75 bits per heavy atom. The number of rotatable bonds is 4. The summed E-state index contributed by atoms with van der Waals surface area (Å²) in [4.78, 5) is 21.0. The van der Waals surface area contributed by atoms with Crippen molar-refractivity contribution < 1.29 is 14.7 Å². The monoisotopic (exact) mass is 216 g/mol. The van der Waals surface area contributed by atoms with E-state index in [0.717, 1.165) is 17.2 Å². The van der Waals surface area contributed by atoms with Gasteiger partial charge in [-0.05, 0) is 18.6 Å². The second-order valence-corrected chi connectivity index (χ2v) is 3.30. The summed E-state index contributed by atoms with van der Waals surface area (Å²) in [6.45, 7) is 1.80. The van der Waals surface area contributed by atoms with Crippen LogP contribution in [0.15, 0.2) is 48.1 Å². The molecule has 1 rings (SSSR count). The predicted molar refractivity (Wildman–Crippen MR) is 61.9 cm³/mol. The van der Waals surface area contributed by atoms with E-state index in [2.05, 4.69) is 0 Å². The van der Waals surface area contributed by atoms with E-state index in [9.17, 15) is 9.59 Å². The predicted octanol–water partition coefficient (Wildman–Crippen LogP) is 2.30. The maximum atomic E-state index is 10.8. The Kier molecular flexibility index (Phi) is 4.21. The maximum Gasteiger partial charge on any atom is 0.376 e.